The Hall–Kier alpha value is -1.70. The SMILES string of the molecule is COc1ccnc(C(F)F)c1CC#N. The first-order chi connectivity index (χ1) is 6.70. The monoisotopic (exact) mass is 198 g/mol. The van der Waals surface area contributed by atoms with Crippen molar-refractivity contribution in [1.29, 1.82) is 5.26 Å². The summed E-state index contributed by atoms with van der Waals surface area (Å²) in [5, 5.41) is 8.47. The molecule has 1 aromatic rings. The van der Waals surface area contributed by atoms with Crippen LogP contribution in [0, 0.1) is 11.3 Å². The first-order valence-electron chi connectivity index (χ1n) is 3.87. The van der Waals surface area contributed by atoms with E-state index in [9.17, 15) is 8.78 Å². The van der Waals surface area contributed by atoms with Crippen molar-refractivity contribution in [2.24, 2.45) is 0 Å². The van der Waals surface area contributed by atoms with Crippen LogP contribution < -0.4 is 4.74 Å². The Morgan fingerprint density at radius 1 is 1.64 bits per heavy atom. The first-order valence-corrected chi connectivity index (χ1v) is 3.87. The minimum absolute atomic E-state index is 0.128. The molecule has 0 saturated carbocycles. The number of aromatic nitrogens is 1. The molecule has 1 rings (SSSR count). The van der Waals surface area contributed by atoms with Crippen molar-refractivity contribution in [2.75, 3.05) is 7.11 Å². The highest BCUT2D eigenvalue weighted by molar-refractivity contribution is 5.38. The molecule has 0 atom stereocenters. The quantitative estimate of drug-likeness (QED) is 0.747. The van der Waals surface area contributed by atoms with E-state index in [-0.39, 0.29) is 23.4 Å². The van der Waals surface area contributed by atoms with Gasteiger partial charge in [0.2, 0.25) is 0 Å². The highest BCUT2D eigenvalue weighted by Crippen LogP contribution is 2.27. The van der Waals surface area contributed by atoms with Crippen molar-refractivity contribution < 1.29 is 13.5 Å². The fourth-order valence-corrected chi connectivity index (χ4v) is 1.13. The molecule has 1 aromatic heterocycles. The van der Waals surface area contributed by atoms with Crippen molar-refractivity contribution in [3.05, 3.63) is 23.5 Å². The molecule has 0 saturated heterocycles. The lowest BCUT2D eigenvalue weighted by atomic mass is 10.1. The summed E-state index contributed by atoms with van der Waals surface area (Å²) in [5.74, 6) is 0.275. The molecule has 0 aliphatic carbocycles. The number of alkyl halides is 2. The Morgan fingerprint density at radius 3 is 2.86 bits per heavy atom. The van der Waals surface area contributed by atoms with Gasteiger partial charge in [-0.1, -0.05) is 0 Å². The van der Waals surface area contributed by atoms with E-state index >= 15 is 0 Å². The minimum atomic E-state index is -2.69. The van der Waals surface area contributed by atoms with Crippen molar-refractivity contribution in [2.45, 2.75) is 12.8 Å². The maximum absolute atomic E-state index is 12.4. The zero-order valence-corrected chi connectivity index (χ0v) is 7.50. The van der Waals surface area contributed by atoms with Crippen molar-refractivity contribution in [3.8, 4) is 11.8 Å². The van der Waals surface area contributed by atoms with E-state index in [0.717, 1.165) is 0 Å². The molecule has 0 spiro atoms. The molecule has 0 aromatic carbocycles. The largest absolute Gasteiger partial charge is 0.496 e. The molecular weight excluding hydrogens is 190 g/mol. The number of hydrogen-bond acceptors (Lipinski definition) is 3. The summed E-state index contributed by atoms with van der Waals surface area (Å²) >= 11 is 0. The van der Waals surface area contributed by atoms with Gasteiger partial charge in [-0.05, 0) is 6.07 Å². The van der Waals surface area contributed by atoms with E-state index in [1.807, 2.05) is 0 Å². The van der Waals surface area contributed by atoms with Crippen LogP contribution in [0.3, 0.4) is 0 Å². The van der Waals surface area contributed by atoms with Crippen LogP contribution in [0.4, 0.5) is 8.78 Å². The molecule has 0 amide bonds. The second-order valence-corrected chi connectivity index (χ2v) is 2.51. The van der Waals surface area contributed by atoms with Gasteiger partial charge in [-0.3, -0.25) is 4.98 Å². The van der Waals surface area contributed by atoms with Crippen LogP contribution >= 0.6 is 0 Å². The molecular formula is C9H8F2N2O. The molecule has 3 nitrogen and oxygen atoms in total. The molecule has 0 fully saturated rings. The van der Waals surface area contributed by atoms with E-state index < -0.39 is 6.43 Å². The Morgan fingerprint density at radius 2 is 2.36 bits per heavy atom. The lowest BCUT2D eigenvalue weighted by molar-refractivity contribution is 0.144. The van der Waals surface area contributed by atoms with Crippen LogP contribution in [-0.2, 0) is 6.42 Å². The predicted octanol–water partition coefficient (Wildman–Crippen LogP) is 2.09. The van der Waals surface area contributed by atoms with E-state index in [4.69, 9.17) is 10.00 Å². The fourth-order valence-electron chi connectivity index (χ4n) is 1.13. The third-order valence-electron chi connectivity index (χ3n) is 1.73. The third kappa shape index (κ3) is 1.96. The normalized spacial score (nSPS) is 9.93. The van der Waals surface area contributed by atoms with Gasteiger partial charge in [0, 0.05) is 11.8 Å². The third-order valence-corrected chi connectivity index (χ3v) is 1.73. The number of hydrogen-bond donors (Lipinski definition) is 0. The van der Waals surface area contributed by atoms with Gasteiger partial charge in [-0.15, -0.1) is 0 Å². The average Bonchev–Trinajstić information content (AvgIpc) is 2.18. The highest BCUT2D eigenvalue weighted by Gasteiger charge is 2.17. The number of nitrogens with zero attached hydrogens (tertiary/aromatic N) is 2. The summed E-state index contributed by atoms with van der Waals surface area (Å²) in [5.41, 5.74) is -0.224. The van der Waals surface area contributed by atoms with Gasteiger partial charge in [-0.2, -0.15) is 5.26 Å². The number of nitriles is 1. The molecule has 0 aliphatic rings. The Labute approximate surface area is 79.9 Å². The molecule has 0 radical (unpaired) electrons. The van der Waals surface area contributed by atoms with Crippen LogP contribution in [0.5, 0.6) is 5.75 Å². The summed E-state index contributed by atoms with van der Waals surface area (Å²) in [6, 6.07) is 3.26. The van der Waals surface area contributed by atoms with E-state index in [2.05, 4.69) is 4.98 Å². The lowest BCUT2D eigenvalue weighted by Crippen LogP contribution is -2.00. The van der Waals surface area contributed by atoms with Gasteiger partial charge in [0.15, 0.2) is 0 Å². The summed E-state index contributed by atoms with van der Waals surface area (Å²) in [7, 11) is 1.37. The maximum atomic E-state index is 12.4. The van der Waals surface area contributed by atoms with Crippen LogP contribution in [0.25, 0.3) is 0 Å². The molecule has 0 aliphatic heterocycles. The van der Waals surface area contributed by atoms with Crippen LogP contribution in [-0.4, -0.2) is 12.1 Å². The van der Waals surface area contributed by atoms with Gasteiger partial charge >= 0.3 is 0 Å². The summed E-state index contributed by atoms with van der Waals surface area (Å²) in [6.07, 6.45) is -1.58. The Kier molecular flexibility index (Phi) is 3.35. The second kappa shape index (κ2) is 4.51. The van der Waals surface area contributed by atoms with Crippen LogP contribution in [0.2, 0.25) is 0 Å². The van der Waals surface area contributed by atoms with E-state index in [0.29, 0.717) is 0 Å². The smallest absolute Gasteiger partial charge is 0.280 e. The van der Waals surface area contributed by atoms with Crippen LogP contribution in [0.15, 0.2) is 12.3 Å². The van der Waals surface area contributed by atoms with Gasteiger partial charge in [0.1, 0.15) is 11.4 Å². The number of ether oxygens (including phenoxy) is 1. The molecule has 74 valence electrons. The van der Waals surface area contributed by atoms with Crippen molar-refractivity contribution >= 4 is 0 Å². The molecule has 14 heavy (non-hydrogen) atoms. The van der Waals surface area contributed by atoms with Crippen molar-refractivity contribution in [1.82, 2.24) is 4.98 Å². The van der Waals surface area contributed by atoms with Crippen LogP contribution in [0.1, 0.15) is 17.7 Å². The molecule has 5 heteroatoms. The number of rotatable bonds is 3. The molecule has 0 N–H and O–H groups in total. The summed E-state index contributed by atoms with van der Waals surface area (Å²) < 4.78 is 29.7. The lowest BCUT2D eigenvalue weighted by Gasteiger charge is -2.09. The molecule has 1 heterocycles. The number of methoxy groups -OCH3 is 1. The molecule has 0 bridgehead atoms. The molecule has 0 unspecified atom stereocenters. The van der Waals surface area contributed by atoms with Gasteiger partial charge < -0.3 is 4.74 Å². The van der Waals surface area contributed by atoms with Crippen molar-refractivity contribution in [3.63, 3.8) is 0 Å². The minimum Gasteiger partial charge on any atom is -0.496 e. The van der Waals surface area contributed by atoms with E-state index in [1.165, 1.54) is 19.4 Å². The standard InChI is InChI=1S/C9H8F2N2O/c1-14-7-3-5-13-8(9(10)11)6(7)2-4-12/h3,5,9H,2H2,1H3. The van der Waals surface area contributed by atoms with Gasteiger partial charge in [0.25, 0.3) is 6.43 Å². The van der Waals surface area contributed by atoms with Gasteiger partial charge in [-0.25, -0.2) is 8.78 Å². The zero-order chi connectivity index (χ0) is 10.6. The second-order valence-electron chi connectivity index (χ2n) is 2.51. The number of halogens is 2. The fraction of sp³-hybridized carbons (Fsp3) is 0.333. The maximum Gasteiger partial charge on any atom is 0.280 e. The Bertz CT molecular complexity index is 360. The highest BCUT2D eigenvalue weighted by atomic mass is 19.3. The Balaban J connectivity index is 3.22. The van der Waals surface area contributed by atoms with Gasteiger partial charge in [0.05, 0.1) is 19.6 Å². The van der Waals surface area contributed by atoms with E-state index in [1.54, 1.807) is 6.07 Å². The predicted molar refractivity (Wildman–Crippen MR) is 45.1 cm³/mol. The topological polar surface area (TPSA) is 45.9 Å². The summed E-state index contributed by atoms with van der Waals surface area (Å²) in [4.78, 5) is 3.52. The zero-order valence-electron chi connectivity index (χ0n) is 7.50. The number of pyridine rings is 1. The first kappa shape index (κ1) is 10.4. The summed E-state index contributed by atoms with van der Waals surface area (Å²) in [6.45, 7) is 0. The average molecular weight is 198 g/mol.